The molecule has 0 bridgehead atoms. The lowest BCUT2D eigenvalue weighted by molar-refractivity contribution is 0.589. The maximum absolute atomic E-state index is 12.7. The predicted molar refractivity (Wildman–Crippen MR) is 86.0 cm³/mol. The van der Waals surface area contributed by atoms with Gasteiger partial charge in [0.25, 0.3) is 10.0 Å². The van der Waals surface area contributed by atoms with E-state index < -0.39 is 10.0 Å². The summed E-state index contributed by atoms with van der Waals surface area (Å²) < 4.78 is 26.6. The average Bonchev–Trinajstić information content (AvgIpc) is 2.85. The lowest BCUT2D eigenvalue weighted by Crippen LogP contribution is -2.11. The Morgan fingerprint density at radius 1 is 0.857 bits per heavy atom. The highest BCUT2D eigenvalue weighted by Gasteiger charge is 2.19. The van der Waals surface area contributed by atoms with Crippen LogP contribution in [0.1, 0.15) is 0 Å². The summed E-state index contributed by atoms with van der Waals surface area (Å²) >= 11 is 17.6. The molecule has 21 heavy (non-hydrogen) atoms. The topological polar surface area (TPSA) is 39.1 Å². The van der Waals surface area contributed by atoms with Gasteiger partial charge in [-0.3, -0.25) is 0 Å². The molecule has 0 unspecified atom stereocenters. The molecule has 0 aliphatic carbocycles. The van der Waals surface area contributed by atoms with Crippen LogP contribution in [0.5, 0.6) is 0 Å². The minimum atomic E-state index is -3.74. The zero-order valence-electron chi connectivity index (χ0n) is 10.4. The van der Waals surface area contributed by atoms with Crippen molar-refractivity contribution in [2.45, 2.75) is 4.90 Å². The fraction of sp³-hybridized carbons (Fsp3) is 0. The van der Waals surface area contributed by atoms with Gasteiger partial charge in [-0.15, -0.1) is 0 Å². The second-order valence-electron chi connectivity index (χ2n) is 4.40. The van der Waals surface area contributed by atoms with Crippen LogP contribution in [0.15, 0.2) is 53.6 Å². The Kier molecular flexibility index (Phi) is 3.66. The van der Waals surface area contributed by atoms with Crippen LogP contribution < -0.4 is 0 Å². The van der Waals surface area contributed by atoms with Crippen molar-refractivity contribution in [2.75, 3.05) is 0 Å². The van der Waals surface area contributed by atoms with Gasteiger partial charge in [0, 0.05) is 16.6 Å². The van der Waals surface area contributed by atoms with Crippen molar-refractivity contribution in [1.82, 2.24) is 3.97 Å². The second-order valence-corrected chi connectivity index (χ2v) is 7.46. The fourth-order valence-electron chi connectivity index (χ4n) is 2.05. The van der Waals surface area contributed by atoms with E-state index in [1.54, 1.807) is 24.3 Å². The lowest BCUT2D eigenvalue weighted by atomic mass is 10.2. The van der Waals surface area contributed by atoms with Crippen molar-refractivity contribution in [3.63, 3.8) is 0 Å². The standard InChI is InChI=1S/C14H8Cl3NO2S/c15-10-1-4-14-9(7-10)5-6-18(14)21(19,20)11-2-3-12(16)13(17)8-11/h1-8H. The molecule has 0 N–H and O–H groups in total. The maximum Gasteiger partial charge on any atom is 0.268 e. The van der Waals surface area contributed by atoms with Gasteiger partial charge in [0.1, 0.15) is 0 Å². The van der Waals surface area contributed by atoms with E-state index in [4.69, 9.17) is 34.8 Å². The molecule has 0 saturated heterocycles. The molecule has 0 fully saturated rings. The molecule has 0 saturated carbocycles. The highest BCUT2D eigenvalue weighted by molar-refractivity contribution is 7.90. The number of aromatic nitrogens is 1. The Balaban J connectivity index is 2.22. The molecule has 3 rings (SSSR count). The van der Waals surface area contributed by atoms with Crippen molar-refractivity contribution in [3.8, 4) is 0 Å². The normalized spacial score (nSPS) is 12.0. The first kappa shape index (κ1) is 14.7. The summed E-state index contributed by atoms with van der Waals surface area (Å²) in [5.41, 5.74) is 0.547. The van der Waals surface area contributed by atoms with Crippen molar-refractivity contribution >= 4 is 55.7 Å². The Labute approximate surface area is 136 Å². The summed E-state index contributed by atoms with van der Waals surface area (Å²) in [5.74, 6) is 0. The van der Waals surface area contributed by atoms with Crippen LogP contribution in [0.4, 0.5) is 0 Å². The second kappa shape index (κ2) is 5.21. The van der Waals surface area contributed by atoms with Gasteiger partial charge in [-0.2, -0.15) is 0 Å². The first-order valence-electron chi connectivity index (χ1n) is 5.87. The van der Waals surface area contributed by atoms with E-state index in [0.29, 0.717) is 15.6 Å². The molecular formula is C14H8Cl3NO2S. The lowest BCUT2D eigenvalue weighted by Gasteiger charge is -2.08. The molecule has 108 valence electrons. The number of halogens is 3. The number of hydrogen-bond donors (Lipinski definition) is 0. The highest BCUT2D eigenvalue weighted by atomic mass is 35.5. The minimum absolute atomic E-state index is 0.0735. The molecule has 0 spiro atoms. The maximum atomic E-state index is 12.7. The van der Waals surface area contributed by atoms with E-state index in [0.717, 1.165) is 5.39 Å². The van der Waals surface area contributed by atoms with Gasteiger partial charge in [0.15, 0.2) is 0 Å². The van der Waals surface area contributed by atoms with E-state index in [2.05, 4.69) is 0 Å². The van der Waals surface area contributed by atoms with Gasteiger partial charge < -0.3 is 0 Å². The molecule has 0 aliphatic rings. The molecule has 1 aromatic heterocycles. The summed E-state index contributed by atoms with van der Waals surface area (Å²) in [6, 6.07) is 10.9. The van der Waals surface area contributed by atoms with Crippen molar-refractivity contribution in [2.24, 2.45) is 0 Å². The summed E-state index contributed by atoms with van der Waals surface area (Å²) in [4.78, 5) is 0.0735. The van der Waals surface area contributed by atoms with E-state index in [1.807, 2.05) is 0 Å². The minimum Gasteiger partial charge on any atom is -0.241 e. The third-order valence-corrected chi connectivity index (χ3v) is 5.72. The number of hydrogen-bond acceptors (Lipinski definition) is 2. The molecule has 2 aromatic carbocycles. The van der Waals surface area contributed by atoms with Crippen LogP contribution in [-0.4, -0.2) is 12.4 Å². The van der Waals surface area contributed by atoms with E-state index in [1.165, 1.54) is 28.4 Å². The summed E-state index contributed by atoms with van der Waals surface area (Å²) in [6.07, 6.45) is 1.48. The Bertz CT molecular complexity index is 948. The quantitative estimate of drug-likeness (QED) is 0.656. The van der Waals surface area contributed by atoms with E-state index in [-0.39, 0.29) is 9.92 Å². The molecule has 0 radical (unpaired) electrons. The zero-order valence-corrected chi connectivity index (χ0v) is 13.5. The van der Waals surface area contributed by atoms with Crippen LogP contribution in [-0.2, 0) is 10.0 Å². The smallest absolute Gasteiger partial charge is 0.241 e. The SMILES string of the molecule is O=S(=O)(c1ccc(Cl)c(Cl)c1)n1ccc2cc(Cl)ccc21. The average molecular weight is 361 g/mol. The van der Waals surface area contributed by atoms with E-state index in [9.17, 15) is 8.42 Å². The monoisotopic (exact) mass is 359 g/mol. The zero-order chi connectivity index (χ0) is 15.2. The Morgan fingerprint density at radius 2 is 1.62 bits per heavy atom. The van der Waals surface area contributed by atoms with Crippen LogP contribution in [0.3, 0.4) is 0 Å². The third kappa shape index (κ3) is 2.53. The van der Waals surface area contributed by atoms with Gasteiger partial charge in [0.05, 0.1) is 20.5 Å². The van der Waals surface area contributed by atoms with Crippen molar-refractivity contribution < 1.29 is 8.42 Å². The molecular weight excluding hydrogens is 353 g/mol. The van der Waals surface area contributed by atoms with Crippen molar-refractivity contribution in [3.05, 3.63) is 63.7 Å². The van der Waals surface area contributed by atoms with Gasteiger partial charge in [-0.25, -0.2) is 12.4 Å². The molecule has 0 atom stereocenters. The van der Waals surface area contributed by atoms with Crippen LogP contribution in [0.2, 0.25) is 15.1 Å². The molecule has 3 nitrogen and oxygen atoms in total. The summed E-state index contributed by atoms with van der Waals surface area (Å²) in [7, 11) is -3.74. The Morgan fingerprint density at radius 3 is 2.33 bits per heavy atom. The molecule has 0 aliphatic heterocycles. The highest BCUT2D eigenvalue weighted by Crippen LogP contribution is 2.28. The van der Waals surface area contributed by atoms with Gasteiger partial charge in [0.2, 0.25) is 0 Å². The first-order chi connectivity index (χ1) is 9.89. The van der Waals surface area contributed by atoms with E-state index >= 15 is 0 Å². The third-order valence-electron chi connectivity index (χ3n) is 3.06. The van der Waals surface area contributed by atoms with Crippen LogP contribution in [0.25, 0.3) is 10.9 Å². The summed E-state index contributed by atoms with van der Waals surface area (Å²) in [6.45, 7) is 0. The van der Waals surface area contributed by atoms with Gasteiger partial charge >= 0.3 is 0 Å². The van der Waals surface area contributed by atoms with Crippen LogP contribution >= 0.6 is 34.8 Å². The first-order valence-corrected chi connectivity index (χ1v) is 8.44. The molecule has 3 aromatic rings. The largest absolute Gasteiger partial charge is 0.268 e. The number of rotatable bonds is 2. The molecule has 7 heteroatoms. The van der Waals surface area contributed by atoms with Gasteiger partial charge in [-0.1, -0.05) is 34.8 Å². The number of benzene rings is 2. The van der Waals surface area contributed by atoms with Crippen molar-refractivity contribution in [1.29, 1.82) is 0 Å². The number of nitrogens with zero attached hydrogens (tertiary/aromatic N) is 1. The fourth-order valence-corrected chi connectivity index (χ4v) is 3.97. The Hall–Kier alpha value is -1.20. The summed E-state index contributed by atoms with van der Waals surface area (Å²) in [5, 5.41) is 1.79. The molecule has 0 amide bonds. The van der Waals surface area contributed by atoms with Crippen LogP contribution in [0, 0.1) is 0 Å². The molecule has 1 heterocycles. The number of fused-ring (bicyclic) bond motifs is 1. The van der Waals surface area contributed by atoms with Gasteiger partial charge in [-0.05, 0) is 42.5 Å². The predicted octanol–water partition coefficient (Wildman–Crippen LogP) is 4.84.